The summed E-state index contributed by atoms with van der Waals surface area (Å²) in [4.78, 5) is 11.6. The summed E-state index contributed by atoms with van der Waals surface area (Å²) in [5, 5.41) is 3.84. The summed E-state index contributed by atoms with van der Waals surface area (Å²) in [6.45, 7) is 2.17. The van der Waals surface area contributed by atoms with Crippen LogP contribution < -0.4 is 0 Å². The number of aromatic nitrogens is 2. The normalized spacial score (nSPS) is 24.0. The van der Waals surface area contributed by atoms with Crippen molar-refractivity contribution in [2.24, 2.45) is 18.9 Å². The molecule has 0 bridgehead atoms. The molecule has 0 radical (unpaired) electrons. The molecule has 20 heavy (non-hydrogen) atoms. The third kappa shape index (κ3) is 2.43. The number of carbonyl (C=O) groups is 1. The Balaban J connectivity index is 2.31. The minimum Gasteiger partial charge on any atom is -0.469 e. The van der Waals surface area contributed by atoms with Crippen molar-refractivity contribution in [2.45, 2.75) is 11.9 Å². The van der Waals surface area contributed by atoms with Crippen LogP contribution in [0, 0.1) is 11.8 Å². The van der Waals surface area contributed by atoms with Crippen molar-refractivity contribution < 1.29 is 17.9 Å². The SMILES string of the molecule is COC(=O)C1CN(S(=O)(=O)c2c(Cl)cnn2C)CC1C. The molecule has 0 amide bonds. The van der Waals surface area contributed by atoms with Crippen LogP contribution in [0.2, 0.25) is 5.02 Å². The van der Waals surface area contributed by atoms with Crippen LogP contribution in [0.15, 0.2) is 11.2 Å². The zero-order valence-electron chi connectivity index (χ0n) is 11.4. The van der Waals surface area contributed by atoms with Crippen LogP contribution in [0.1, 0.15) is 6.92 Å². The number of hydrogen-bond acceptors (Lipinski definition) is 5. The van der Waals surface area contributed by atoms with Crippen LogP contribution in [-0.2, 0) is 26.6 Å². The van der Waals surface area contributed by atoms with Crippen LogP contribution in [-0.4, -0.2) is 48.7 Å². The Morgan fingerprint density at radius 1 is 1.50 bits per heavy atom. The van der Waals surface area contributed by atoms with E-state index in [1.165, 1.54) is 29.3 Å². The number of halogens is 1. The molecule has 0 N–H and O–H groups in total. The van der Waals surface area contributed by atoms with Gasteiger partial charge in [0.15, 0.2) is 5.03 Å². The van der Waals surface area contributed by atoms with Gasteiger partial charge in [0.1, 0.15) is 0 Å². The smallest absolute Gasteiger partial charge is 0.310 e. The minimum atomic E-state index is -3.77. The van der Waals surface area contributed by atoms with Gasteiger partial charge in [-0.15, -0.1) is 0 Å². The maximum Gasteiger partial charge on any atom is 0.310 e. The molecule has 1 saturated heterocycles. The van der Waals surface area contributed by atoms with E-state index in [1.807, 2.05) is 6.92 Å². The van der Waals surface area contributed by atoms with Gasteiger partial charge < -0.3 is 4.74 Å². The third-order valence-electron chi connectivity index (χ3n) is 3.51. The Morgan fingerprint density at radius 3 is 2.65 bits per heavy atom. The monoisotopic (exact) mass is 321 g/mol. The van der Waals surface area contributed by atoms with Crippen molar-refractivity contribution in [3.8, 4) is 0 Å². The summed E-state index contributed by atoms with van der Waals surface area (Å²) in [5.74, 6) is -0.961. The Morgan fingerprint density at radius 2 is 2.15 bits per heavy atom. The first kappa shape index (κ1) is 15.3. The average Bonchev–Trinajstić information content (AvgIpc) is 2.92. The predicted octanol–water partition coefficient (Wildman–Crippen LogP) is 0.503. The number of methoxy groups -OCH3 is 1. The largest absolute Gasteiger partial charge is 0.469 e. The first-order valence-electron chi connectivity index (χ1n) is 6.04. The molecule has 2 heterocycles. The number of ether oxygens (including phenoxy) is 1. The topological polar surface area (TPSA) is 81.5 Å². The quantitative estimate of drug-likeness (QED) is 0.757. The molecule has 2 unspecified atom stereocenters. The number of rotatable bonds is 3. The molecular formula is C11H16ClN3O4S. The van der Waals surface area contributed by atoms with Gasteiger partial charge >= 0.3 is 5.97 Å². The molecule has 7 nitrogen and oxygen atoms in total. The number of aryl methyl sites for hydroxylation is 1. The van der Waals surface area contributed by atoms with Crippen LogP contribution in [0.5, 0.6) is 0 Å². The van der Waals surface area contributed by atoms with Crippen LogP contribution in [0.4, 0.5) is 0 Å². The lowest BCUT2D eigenvalue weighted by Crippen LogP contribution is -2.31. The summed E-state index contributed by atoms with van der Waals surface area (Å²) >= 11 is 5.89. The first-order valence-corrected chi connectivity index (χ1v) is 7.86. The Hall–Kier alpha value is -1.12. The van der Waals surface area contributed by atoms with Crippen LogP contribution in [0.3, 0.4) is 0 Å². The van der Waals surface area contributed by atoms with E-state index < -0.39 is 21.9 Å². The first-order chi connectivity index (χ1) is 9.28. The maximum atomic E-state index is 12.6. The second-order valence-corrected chi connectivity index (χ2v) is 7.11. The van der Waals surface area contributed by atoms with Gasteiger partial charge in [0.05, 0.1) is 24.2 Å². The second-order valence-electron chi connectivity index (χ2n) is 4.85. The van der Waals surface area contributed by atoms with Gasteiger partial charge in [-0.2, -0.15) is 9.40 Å². The molecular weight excluding hydrogens is 306 g/mol. The third-order valence-corrected chi connectivity index (χ3v) is 5.85. The summed E-state index contributed by atoms with van der Waals surface area (Å²) < 4.78 is 32.3. The second kappa shape index (κ2) is 5.34. The standard InChI is InChI=1S/C11H16ClN3O4S/c1-7-5-15(6-8(7)11(16)19-3)20(17,18)10-9(12)4-13-14(10)2/h4,7-8H,5-6H2,1-3H3. The van der Waals surface area contributed by atoms with Gasteiger partial charge in [-0.1, -0.05) is 18.5 Å². The Kier molecular flexibility index (Phi) is 4.08. The summed E-state index contributed by atoms with van der Waals surface area (Å²) in [6, 6.07) is 0. The molecule has 1 aromatic rings. The fraction of sp³-hybridized carbons (Fsp3) is 0.636. The molecule has 0 saturated carbocycles. The fourth-order valence-electron chi connectivity index (χ4n) is 2.39. The van der Waals surface area contributed by atoms with Gasteiger partial charge in [-0.3, -0.25) is 9.48 Å². The molecule has 1 aliphatic rings. The summed E-state index contributed by atoms with van der Waals surface area (Å²) in [7, 11) is -0.964. The maximum absolute atomic E-state index is 12.6. The van der Waals surface area contributed by atoms with Gasteiger partial charge in [-0.25, -0.2) is 8.42 Å². The highest BCUT2D eigenvalue weighted by Crippen LogP contribution is 2.31. The van der Waals surface area contributed by atoms with Crippen molar-refractivity contribution in [1.82, 2.24) is 14.1 Å². The molecule has 0 spiro atoms. The van der Waals surface area contributed by atoms with Gasteiger partial charge in [0.2, 0.25) is 0 Å². The van der Waals surface area contributed by atoms with Gasteiger partial charge in [0, 0.05) is 20.1 Å². The molecule has 1 fully saturated rings. The lowest BCUT2D eigenvalue weighted by molar-refractivity contribution is -0.145. The van der Waals surface area contributed by atoms with E-state index >= 15 is 0 Å². The number of sulfonamides is 1. The highest BCUT2D eigenvalue weighted by molar-refractivity contribution is 7.89. The molecule has 9 heteroatoms. The molecule has 1 aromatic heterocycles. The van der Waals surface area contributed by atoms with Gasteiger partial charge in [-0.05, 0) is 5.92 Å². The molecule has 1 aliphatic heterocycles. The zero-order valence-corrected chi connectivity index (χ0v) is 13.0. The molecule has 0 aromatic carbocycles. The highest BCUT2D eigenvalue weighted by Gasteiger charge is 2.42. The van der Waals surface area contributed by atoms with E-state index in [0.717, 1.165) is 0 Å². The van der Waals surface area contributed by atoms with Crippen molar-refractivity contribution in [3.63, 3.8) is 0 Å². The van der Waals surface area contributed by atoms with Crippen molar-refractivity contribution in [2.75, 3.05) is 20.2 Å². The van der Waals surface area contributed by atoms with Crippen molar-refractivity contribution in [3.05, 3.63) is 11.2 Å². The number of esters is 1. The lowest BCUT2D eigenvalue weighted by Gasteiger charge is -2.16. The highest BCUT2D eigenvalue weighted by atomic mass is 35.5. The van der Waals surface area contributed by atoms with Crippen molar-refractivity contribution >= 4 is 27.6 Å². The molecule has 2 atom stereocenters. The van der Waals surface area contributed by atoms with Crippen LogP contribution in [0.25, 0.3) is 0 Å². The van der Waals surface area contributed by atoms with E-state index in [-0.39, 0.29) is 29.1 Å². The Labute approximate surface area is 122 Å². The fourth-order valence-corrected chi connectivity index (χ4v) is 4.56. The predicted molar refractivity (Wildman–Crippen MR) is 71.6 cm³/mol. The molecule has 112 valence electrons. The average molecular weight is 322 g/mol. The summed E-state index contributed by atoms with van der Waals surface area (Å²) in [6.07, 6.45) is 1.28. The zero-order chi connectivity index (χ0) is 15.1. The number of nitrogens with zero attached hydrogens (tertiary/aromatic N) is 3. The number of hydrogen-bond donors (Lipinski definition) is 0. The van der Waals surface area contributed by atoms with E-state index in [1.54, 1.807) is 0 Å². The number of carbonyl (C=O) groups excluding carboxylic acids is 1. The lowest BCUT2D eigenvalue weighted by atomic mass is 9.99. The van der Waals surface area contributed by atoms with Crippen molar-refractivity contribution in [1.29, 1.82) is 0 Å². The molecule has 2 rings (SSSR count). The minimum absolute atomic E-state index is 0.0584. The van der Waals surface area contributed by atoms with E-state index in [0.29, 0.717) is 0 Å². The van der Waals surface area contributed by atoms with E-state index in [9.17, 15) is 13.2 Å². The van der Waals surface area contributed by atoms with E-state index in [2.05, 4.69) is 5.10 Å². The molecule has 0 aliphatic carbocycles. The van der Waals surface area contributed by atoms with Gasteiger partial charge in [0.25, 0.3) is 10.0 Å². The summed E-state index contributed by atoms with van der Waals surface area (Å²) in [5.41, 5.74) is 0. The van der Waals surface area contributed by atoms with E-state index in [4.69, 9.17) is 16.3 Å². The Bertz CT molecular complexity index is 608. The van der Waals surface area contributed by atoms with Crippen LogP contribution >= 0.6 is 11.6 Å².